The molecule has 0 fully saturated rings. The van der Waals surface area contributed by atoms with Crippen LogP contribution in [0.25, 0.3) is 0 Å². The van der Waals surface area contributed by atoms with Gasteiger partial charge in [-0.05, 0) is 60.0 Å². The van der Waals surface area contributed by atoms with Crippen LogP contribution in [0.15, 0.2) is 114 Å². The number of rotatable bonds is 9. The SMILES string of the molecule is CC(C)c1ccc(N(CC(=O)Nc2ccccc2Oc2ccccc2)S(=O)(=O)c2ccccc2)cc1. The van der Waals surface area contributed by atoms with Crippen molar-refractivity contribution in [2.45, 2.75) is 24.7 Å². The Morgan fingerprint density at radius 2 is 1.39 bits per heavy atom. The van der Waals surface area contributed by atoms with Crippen LogP contribution < -0.4 is 14.4 Å². The second kappa shape index (κ2) is 11.1. The Bertz CT molecular complexity index is 1400. The molecule has 0 aliphatic heterocycles. The van der Waals surface area contributed by atoms with E-state index in [0.29, 0.717) is 28.8 Å². The zero-order valence-electron chi connectivity index (χ0n) is 20.2. The highest BCUT2D eigenvalue weighted by atomic mass is 32.2. The van der Waals surface area contributed by atoms with Gasteiger partial charge in [0.15, 0.2) is 5.75 Å². The minimum absolute atomic E-state index is 0.110. The maximum Gasteiger partial charge on any atom is 0.264 e. The molecule has 36 heavy (non-hydrogen) atoms. The lowest BCUT2D eigenvalue weighted by Gasteiger charge is -2.25. The number of carbonyl (C=O) groups excluding carboxylic acids is 1. The van der Waals surface area contributed by atoms with E-state index in [0.717, 1.165) is 9.87 Å². The summed E-state index contributed by atoms with van der Waals surface area (Å²) in [5.74, 6) is 0.878. The summed E-state index contributed by atoms with van der Waals surface area (Å²) in [6.45, 7) is 3.73. The smallest absolute Gasteiger partial charge is 0.264 e. The van der Waals surface area contributed by atoms with E-state index in [-0.39, 0.29) is 4.90 Å². The minimum atomic E-state index is -3.99. The molecule has 0 heterocycles. The number of nitrogens with zero attached hydrogens (tertiary/aromatic N) is 1. The number of carbonyl (C=O) groups is 1. The number of nitrogens with one attached hydrogen (secondary N) is 1. The predicted octanol–water partition coefficient (Wildman–Crippen LogP) is 6.44. The van der Waals surface area contributed by atoms with Gasteiger partial charge in [0.2, 0.25) is 5.91 Å². The summed E-state index contributed by atoms with van der Waals surface area (Å²) >= 11 is 0. The first-order valence-corrected chi connectivity index (χ1v) is 13.1. The maximum absolute atomic E-state index is 13.6. The second-order valence-electron chi connectivity index (χ2n) is 8.53. The first-order chi connectivity index (χ1) is 17.3. The highest BCUT2D eigenvalue weighted by molar-refractivity contribution is 7.92. The number of hydrogen-bond acceptors (Lipinski definition) is 4. The average Bonchev–Trinajstić information content (AvgIpc) is 2.89. The minimum Gasteiger partial charge on any atom is -0.455 e. The van der Waals surface area contributed by atoms with E-state index in [1.54, 1.807) is 54.6 Å². The van der Waals surface area contributed by atoms with Gasteiger partial charge in [0.1, 0.15) is 12.3 Å². The van der Waals surface area contributed by atoms with E-state index >= 15 is 0 Å². The van der Waals surface area contributed by atoms with Crippen LogP contribution in [0.3, 0.4) is 0 Å². The van der Waals surface area contributed by atoms with Gasteiger partial charge < -0.3 is 10.1 Å². The molecular formula is C29H28N2O4S. The Morgan fingerprint density at radius 1 is 0.806 bits per heavy atom. The van der Waals surface area contributed by atoms with Gasteiger partial charge in [-0.3, -0.25) is 9.10 Å². The van der Waals surface area contributed by atoms with Gasteiger partial charge in [-0.2, -0.15) is 0 Å². The van der Waals surface area contributed by atoms with Crippen molar-refractivity contribution in [3.63, 3.8) is 0 Å². The van der Waals surface area contributed by atoms with Crippen LogP contribution in [0.2, 0.25) is 0 Å². The molecule has 6 nitrogen and oxygen atoms in total. The molecule has 184 valence electrons. The molecule has 4 aromatic rings. The number of benzene rings is 4. The Hall–Kier alpha value is -4.10. The highest BCUT2D eigenvalue weighted by Gasteiger charge is 2.27. The van der Waals surface area contributed by atoms with Crippen LogP contribution in [0.1, 0.15) is 25.3 Å². The fourth-order valence-corrected chi connectivity index (χ4v) is 5.10. The quantitative estimate of drug-likeness (QED) is 0.287. The molecule has 0 aliphatic rings. The zero-order chi connectivity index (χ0) is 25.5. The van der Waals surface area contributed by atoms with Gasteiger partial charge in [0.05, 0.1) is 16.3 Å². The van der Waals surface area contributed by atoms with Gasteiger partial charge in [0.25, 0.3) is 10.0 Å². The highest BCUT2D eigenvalue weighted by Crippen LogP contribution is 2.30. The Kier molecular flexibility index (Phi) is 7.71. The number of amides is 1. The molecule has 1 amide bonds. The molecule has 0 aliphatic carbocycles. The van der Waals surface area contributed by atoms with Crippen molar-refractivity contribution >= 4 is 27.3 Å². The number of sulfonamides is 1. The molecule has 7 heteroatoms. The summed E-state index contributed by atoms with van der Waals surface area (Å²) in [6.07, 6.45) is 0. The van der Waals surface area contributed by atoms with Crippen LogP contribution in [0.5, 0.6) is 11.5 Å². The molecule has 4 aromatic carbocycles. The summed E-state index contributed by atoms with van der Waals surface area (Å²) in [4.78, 5) is 13.3. The molecule has 0 atom stereocenters. The number of para-hydroxylation sites is 3. The Labute approximate surface area is 212 Å². The van der Waals surface area contributed by atoms with Gasteiger partial charge in [-0.15, -0.1) is 0 Å². The van der Waals surface area contributed by atoms with Crippen molar-refractivity contribution in [1.29, 1.82) is 0 Å². The summed E-state index contributed by atoms with van der Waals surface area (Å²) in [6, 6.07) is 31.6. The van der Waals surface area contributed by atoms with E-state index in [1.807, 2.05) is 42.5 Å². The van der Waals surface area contributed by atoms with E-state index in [2.05, 4.69) is 19.2 Å². The van der Waals surface area contributed by atoms with Crippen molar-refractivity contribution in [2.24, 2.45) is 0 Å². The van der Waals surface area contributed by atoms with Crippen LogP contribution >= 0.6 is 0 Å². The first-order valence-electron chi connectivity index (χ1n) is 11.6. The summed E-state index contributed by atoms with van der Waals surface area (Å²) < 4.78 is 34.2. The van der Waals surface area contributed by atoms with Crippen molar-refractivity contribution in [1.82, 2.24) is 0 Å². The summed E-state index contributed by atoms with van der Waals surface area (Å²) in [5, 5.41) is 2.81. The molecular weight excluding hydrogens is 472 g/mol. The van der Waals surface area contributed by atoms with Crippen LogP contribution in [0.4, 0.5) is 11.4 Å². The van der Waals surface area contributed by atoms with Crippen molar-refractivity contribution in [2.75, 3.05) is 16.2 Å². The van der Waals surface area contributed by atoms with Crippen LogP contribution in [0, 0.1) is 0 Å². The third kappa shape index (κ3) is 5.93. The van der Waals surface area contributed by atoms with Crippen molar-refractivity contribution in [3.05, 3.63) is 115 Å². The van der Waals surface area contributed by atoms with E-state index in [1.165, 1.54) is 12.1 Å². The summed E-state index contributed by atoms with van der Waals surface area (Å²) in [7, 11) is -3.99. The molecule has 0 radical (unpaired) electrons. The van der Waals surface area contributed by atoms with E-state index in [4.69, 9.17) is 4.74 Å². The van der Waals surface area contributed by atoms with Crippen molar-refractivity contribution in [3.8, 4) is 11.5 Å². The van der Waals surface area contributed by atoms with Crippen LogP contribution in [-0.2, 0) is 14.8 Å². The Morgan fingerprint density at radius 3 is 2.03 bits per heavy atom. The topological polar surface area (TPSA) is 75.7 Å². The van der Waals surface area contributed by atoms with E-state index < -0.39 is 22.5 Å². The monoisotopic (exact) mass is 500 g/mol. The van der Waals surface area contributed by atoms with Gasteiger partial charge in [0, 0.05) is 0 Å². The predicted molar refractivity (Wildman–Crippen MR) is 143 cm³/mol. The van der Waals surface area contributed by atoms with Gasteiger partial charge >= 0.3 is 0 Å². The molecule has 0 spiro atoms. The average molecular weight is 501 g/mol. The third-order valence-corrected chi connectivity index (χ3v) is 7.39. The first kappa shape index (κ1) is 25.0. The molecule has 4 rings (SSSR count). The molecule has 1 N–H and O–H groups in total. The molecule has 0 bridgehead atoms. The number of ether oxygens (including phenoxy) is 1. The fourth-order valence-electron chi connectivity index (χ4n) is 3.65. The molecule has 0 unspecified atom stereocenters. The molecule has 0 aromatic heterocycles. The fraction of sp³-hybridized carbons (Fsp3) is 0.138. The van der Waals surface area contributed by atoms with Gasteiger partial charge in [-0.25, -0.2) is 8.42 Å². The largest absolute Gasteiger partial charge is 0.455 e. The normalized spacial score (nSPS) is 11.2. The lowest BCUT2D eigenvalue weighted by atomic mass is 10.0. The van der Waals surface area contributed by atoms with E-state index in [9.17, 15) is 13.2 Å². The molecule has 0 saturated carbocycles. The zero-order valence-corrected chi connectivity index (χ0v) is 21.0. The molecule has 0 saturated heterocycles. The number of hydrogen-bond donors (Lipinski definition) is 1. The lowest BCUT2D eigenvalue weighted by Crippen LogP contribution is -2.38. The maximum atomic E-state index is 13.6. The Balaban J connectivity index is 1.62. The van der Waals surface area contributed by atoms with Crippen molar-refractivity contribution < 1.29 is 17.9 Å². The second-order valence-corrected chi connectivity index (χ2v) is 10.4. The standard InChI is InChI=1S/C29H28N2O4S/c1-22(2)23-17-19-24(20-18-23)31(36(33,34)26-13-7-4-8-14-26)21-29(32)30-27-15-9-10-16-28(27)35-25-11-5-3-6-12-25/h3-20,22H,21H2,1-2H3,(H,30,32). The summed E-state index contributed by atoms with van der Waals surface area (Å²) in [5.41, 5.74) is 1.93. The number of anilines is 2. The lowest BCUT2D eigenvalue weighted by molar-refractivity contribution is -0.114. The van der Waals surface area contributed by atoms with Gasteiger partial charge in [-0.1, -0.05) is 74.5 Å². The third-order valence-electron chi connectivity index (χ3n) is 5.60. The van der Waals surface area contributed by atoms with Crippen LogP contribution in [-0.4, -0.2) is 20.9 Å².